The van der Waals surface area contributed by atoms with Crippen molar-refractivity contribution >= 4 is 11.9 Å². The molecular weight excluding hydrogens is 779 g/mol. The molecule has 12 nitrogen and oxygen atoms in total. The van der Waals surface area contributed by atoms with E-state index in [0.717, 1.165) is 44.9 Å². The first-order valence-corrected chi connectivity index (χ1v) is 23.1. The lowest BCUT2D eigenvalue weighted by atomic mass is 9.42. The van der Waals surface area contributed by atoms with Crippen LogP contribution in [0.1, 0.15) is 107 Å². The second kappa shape index (κ2) is 19.2. The maximum absolute atomic E-state index is 14.5. The van der Waals surface area contributed by atoms with Crippen LogP contribution in [0.3, 0.4) is 0 Å². The lowest BCUT2D eigenvalue weighted by Gasteiger charge is -2.70. The van der Waals surface area contributed by atoms with Crippen LogP contribution in [0, 0.1) is 34.5 Å². The van der Waals surface area contributed by atoms with E-state index in [1.165, 1.54) is 26.4 Å². The number of hydrogen-bond donors (Lipinski definition) is 3. The molecule has 1 heterocycles. The lowest BCUT2D eigenvalue weighted by molar-refractivity contribution is -0.321. The van der Waals surface area contributed by atoms with Crippen molar-refractivity contribution in [1.82, 2.24) is 4.90 Å². The smallest absolute Gasteiger partial charge is 0.338 e. The number of unbranched alkanes of at least 4 members (excludes halogenated alkanes) is 8. The standard InChI is InChI=1S/C49H73NO11/c1-7-8-9-10-11-12-13-14-15-16-17-18-19-20-24-27-36(52)61-49-37-33(29-47(55,44(59-6)42(49)53)43(37)60-45(54)32-25-22-21-23-26-32)48-35(57-4)28-34(51)46(31-56-3)30-50(2)41(48)38(49)39(58-5)40(46)48/h11-12,14-15,21-23,25-26,33-35,37-44,51,53,55H,7-10,13,16-20,24,27-31H2,1-6H3. The summed E-state index contributed by atoms with van der Waals surface area (Å²) in [6.07, 6.45) is 15.1. The number of piperidine rings is 1. The Morgan fingerprint density at radius 2 is 1.54 bits per heavy atom. The number of carbonyl (C=O) groups is 2. The molecule has 3 N–H and O–H groups in total. The molecule has 1 aliphatic heterocycles. The number of methoxy groups -OCH3 is 4. The van der Waals surface area contributed by atoms with Gasteiger partial charge in [0, 0.05) is 82.5 Å². The summed E-state index contributed by atoms with van der Waals surface area (Å²) in [6.45, 7) is 2.93. The maximum Gasteiger partial charge on any atom is 0.338 e. The van der Waals surface area contributed by atoms with Gasteiger partial charge in [-0.2, -0.15) is 0 Å². The SMILES string of the molecule is CCCCCC=CCC=CCCCCCCCC(=O)OC12C(O)C(OC)C3(O)CC(C1C3OC(=O)c1ccccc1)C13C(OC)CC(O)C4(COC)CN(C)C1C2C(OC)C43. The molecule has 1 aromatic rings. The third kappa shape index (κ3) is 7.46. The number of ether oxygens (including phenoxy) is 6. The largest absolute Gasteiger partial charge is 0.455 e. The summed E-state index contributed by atoms with van der Waals surface area (Å²) in [5.74, 6) is -3.54. The van der Waals surface area contributed by atoms with Gasteiger partial charge in [0.05, 0.1) is 30.5 Å². The number of fused-ring (bicyclic) bond motifs is 2. The molecular formula is C49H73NO11. The molecule has 15 unspecified atom stereocenters. The molecule has 1 spiro atoms. The maximum atomic E-state index is 14.5. The van der Waals surface area contributed by atoms with Crippen molar-refractivity contribution in [2.24, 2.45) is 34.5 Å². The van der Waals surface area contributed by atoms with Gasteiger partial charge in [0.25, 0.3) is 0 Å². The number of carbonyl (C=O) groups excluding carboxylic acids is 2. The van der Waals surface area contributed by atoms with Crippen LogP contribution in [-0.4, -0.2) is 135 Å². The minimum atomic E-state index is -1.85. The highest BCUT2D eigenvalue weighted by atomic mass is 16.6. The molecule has 5 saturated carbocycles. The predicted molar refractivity (Wildman–Crippen MR) is 230 cm³/mol. The third-order valence-corrected chi connectivity index (χ3v) is 16.2. The Balaban J connectivity index is 1.18. The summed E-state index contributed by atoms with van der Waals surface area (Å²) in [7, 11) is 8.37. The number of benzene rings is 1. The van der Waals surface area contributed by atoms with Gasteiger partial charge in [-0.05, 0) is 70.0 Å². The molecule has 7 rings (SSSR count). The second-order valence-electron chi connectivity index (χ2n) is 19.1. The first kappa shape index (κ1) is 46.3. The van der Waals surface area contributed by atoms with Crippen molar-refractivity contribution in [3.8, 4) is 0 Å². The zero-order valence-electron chi connectivity index (χ0n) is 37.4. The van der Waals surface area contributed by atoms with Crippen LogP contribution in [-0.2, 0) is 33.2 Å². The number of allylic oxidation sites excluding steroid dienone is 4. The Hall–Kier alpha value is -2.68. The van der Waals surface area contributed by atoms with E-state index in [2.05, 4.69) is 36.1 Å². The lowest BCUT2D eigenvalue weighted by Crippen LogP contribution is -2.81. The minimum absolute atomic E-state index is 0.0766. The van der Waals surface area contributed by atoms with Crippen molar-refractivity contribution < 1.29 is 53.3 Å². The normalized spacial score (nSPS) is 40.8. The fraction of sp³-hybridized carbons (Fsp3) is 0.755. The zero-order chi connectivity index (χ0) is 43.6. The molecule has 340 valence electrons. The predicted octanol–water partition coefficient (Wildman–Crippen LogP) is 6.05. The first-order valence-electron chi connectivity index (χ1n) is 23.1. The van der Waals surface area contributed by atoms with Crippen LogP contribution in [0.5, 0.6) is 0 Å². The zero-order valence-corrected chi connectivity index (χ0v) is 37.4. The van der Waals surface area contributed by atoms with Crippen LogP contribution in [0.2, 0.25) is 0 Å². The number of esters is 2. The van der Waals surface area contributed by atoms with E-state index in [0.29, 0.717) is 24.9 Å². The number of aliphatic hydroxyl groups is 3. The summed E-state index contributed by atoms with van der Waals surface area (Å²) >= 11 is 0. The molecule has 15 atom stereocenters. The second-order valence-corrected chi connectivity index (χ2v) is 19.1. The Bertz CT molecular complexity index is 1710. The summed E-state index contributed by atoms with van der Waals surface area (Å²) in [6, 6.07) is 8.26. The number of likely N-dealkylation sites (tertiary alicyclic amines) is 1. The van der Waals surface area contributed by atoms with Gasteiger partial charge >= 0.3 is 11.9 Å². The molecule has 1 aromatic carbocycles. The highest BCUT2D eigenvalue weighted by molar-refractivity contribution is 5.89. The average Bonchev–Trinajstić information content (AvgIpc) is 3.64. The molecule has 6 aliphatic rings. The van der Waals surface area contributed by atoms with E-state index in [1.54, 1.807) is 45.6 Å². The topological polar surface area (TPSA) is 153 Å². The molecule has 7 bridgehead atoms. The number of nitrogens with zero attached hydrogens (tertiary/aromatic N) is 1. The van der Waals surface area contributed by atoms with Gasteiger partial charge in [-0.15, -0.1) is 0 Å². The van der Waals surface area contributed by atoms with Gasteiger partial charge in [0.1, 0.15) is 23.9 Å². The minimum Gasteiger partial charge on any atom is -0.455 e. The fourth-order valence-corrected chi connectivity index (χ4v) is 14.3. The monoisotopic (exact) mass is 852 g/mol. The summed E-state index contributed by atoms with van der Waals surface area (Å²) in [5.41, 5.74) is -4.87. The summed E-state index contributed by atoms with van der Waals surface area (Å²) in [5, 5.41) is 38.1. The average molecular weight is 852 g/mol. The van der Waals surface area contributed by atoms with E-state index in [1.807, 2.05) is 13.1 Å². The quantitative estimate of drug-likeness (QED) is 0.0708. The van der Waals surface area contributed by atoms with E-state index in [4.69, 9.17) is 28.4 Å². The first-order chi connectivity index (χ1) is 29.5. The van der Waals surface area contributed by atoms with Crippen molar-refractivity contribution in [3.63, 3.8) is 0 Å². The van der Waals surface area contributed by atoms with E-state index in [9.17, 15) is 24.9 Å². The summed E-state index contributed by atoms with van der Waals surface area (Å²) in [4.78, 5) is 30.8. The Kier molecular flexibility index (Phi) is 14.6. The fourth-order valence-electron chi connectivity index (χ4n) is 14.3. The molecule has 5 aliphatic carbocycles. The number of rotatable bonds is 22. The molecule has 0 amide bonds. The van der Waals surface area contributed by atoms with Crippen LogP contribution >= 0.6 is 0 Å². The van der Waals surface area contributed by atoms with Gasteiger partial charge < -0.3 is 48.6 Å². The summed E-state index contributed by atoms with van der Waals surface area (Å²) < 4.78 is 38.5. The van der Waals surface area contributed by atoms with E-state index >= 15 is 0 Å². The van der Waals surface area contributed by atoms with Gasteiger partial charge in [0.2, 0.25) is 0 Å². The third-order valence-electron chi connectivity index (χ3n) is 16.2. The van der Waals surface area contributed by atoms with Gasteiger partial charge in [-0.1, -0.05) is 81.5 Å². The van der Waals surface area contributed by atoms with Crippen LogP contribution in [0.4, 0.5) is 0 Å². The van der Waals surface area contributed by atoms with Crippen molar-refractivity contribution in [2.75, 3.05) is 48.6 Å². The van der Waals surface area contributed by atoms with Crippen LogP contribution < -0.4 is 0 Å². The number of aliphatic hydroxyl groups excluding tert-OH is 2. The van der Waals surface area contributed by atoms with Crippen molar-refractivity contribution in [2.45, 2.75) is 151 Å². The van der Waals surface area contributed by atoms with Crippen molar-refractivity contribution in [3.05, 3.63) is 60.2 Å². The molecule has 0 radical (unpaired) electrons. The number of hydrogen-bond acceptors (Lipinski definition) is 12. The highest BCUT2D eigenvalue weighted by Crippen LogP contribution is 2.80. The Morgan fingerprint density at radius 3 is 2.20 bits per heavy atom. The molecule has 61 heavy (non-hydrogen) atoms. The molecule has 0 aromatic heterocycles. The Morgan fingerprint density at radius 1 is 0.852 bits per heavy atom. The van der Waals surface area contributed by atoms with Crippen LogP contribution in [0.25, 0.3) is 0 Å². The van der Waals surface area contributed by atoms with Gasteiger partial charge in [-0.25, -0.2) is 4.79 Å². The van der Waals surface area contributed by atoms with Crippen molar-refractivity contribution in [1.29, 1.82) is 0 Å². The van der Waals surface area contributed by atoms with E-state index in [-0.39, 0.29) is 31.4 Å². The highest BCUT2D eigenvalue weighted by Gasteiger charge is 2.92. The molecule has 1 saturated heterocycles. The Labute approximate surface area is 363 Å². The van der Waals surface area contributed by atoms with E-state index < -0.39 is 88.3 Å². The van der Waals surface area contributed by atoms with Gasteiger partial charge in [-0.3, -0.25) is 4.79 Å². The van der Waals surface area contributed by atoms with Gasteiger partial charge in [0.15, 0.2) is 5.60 Å². The van der Waals surface area contributed by atoms with Crippen LogP contribution in [0.15, 0.2) is 54.6 Å². The molecule has 6 fully saturated rings. The molecule has 12 heteroatoms.